The maximum absolute atomic E-state index is 12.2. The van der Waals surface area contributed by atoms with Crippen molar-refractivity contribution in [3.63, 3.8) is 0 Å². The van der Waals surface area contributed by atoms with Gasteiger partial charge in [0.1, 0.15) is 0 Å². The highest BCUT2D eigenvalue weighted by Gasteiger charge is 2.43. The Morgan fingerprint density at radius 3 is 2.37 bits per heavy atom. The number of anilines is 1. The second-order valence-corrected chi connectivity index (χ2v) is 6.61. The Bertz CT molecular complexity index is 889. The van der Waals surface area contributed by atoms with Crippen LogP contribution in [0.25, 0.3) is 0 Å². The van der Waals surface area contributed by atoms with Crippen molar-refractivity contribution >= 4 is 42.7 Å². The summed E-state index contributed by atoms with van der Waals surface area (Å²) in [5, 5.41) is 7.35. The zero-order chi connectivity index (χ0) is 19.4. The zero-order valence-corrected chi connectivity index (χ0v) is 17.9. The second-order valence-electron chi connectivity index (χ2n) is 6.61. The lowest BCUT2D eigenvalue weighted by Gasteiger charge is -2.49. The monoisotopic (exact) mass is 449 g/mol. The van der Waals surface area contributed by atoms with Crippen LogP contribution in [0.4, 0.5) is 5.69 Å². The van der Waals surface area contributed by atoms with Crippen molar-refractivity contribution in [2.75, 3.05) is 31.3 Å². The first-order chi connectivity index (χ1) is 13.7. The van der Waals surface area contributed by atoms with Gasteiger partial charge in [0.2, 0.25) is 5.91 Å². The number of nitrogens with two attached hydrogens (primary N) is 1. The van der Waals surface area contributed by atoms with Gasteiger partial charge in [-0.3, -0.25) is 9.80 Å². The zero-order valence-electron chi connectivity index (χ0n) is 16.3. The molecule has 2 heterocycles. The van der Waals surface area contributed by atoms with Crippen LogP contribution in [-0.2, 0) is 10.4 Å². The molecule has 0 saturated carbocycles. The molecule has 1 amide bonds. The fourth-order valence-electron chi connectivity index (χ4n) is 3.70. The number of hydrazine groups is 1. The van der Waals surface area contributed by atoms with E-state index in [9.17, 15) is 4.79 Å². The predicted octanol–water partition coefficient (Wildman–Crippen LogP) is 2.68. The smallest absolute Gasteiger partial charge is 0.249 e. The minimum atomic E-state index is -0.949. The Balaban J connectivity index is 0.00000160. The number of benzene rings is 2. The molecule has 0 radical (unpaired) electrons. The van der Waals surface area contributed by atoms with Crippen molar-refractivity contribution in [3.05, 3.63) is 78.0 Å². The number of para-hydroxylation sites is 1. The number of nitrogens with one attached hydrogen (secondary N) is 1. The topological polar surface area (TPSA) is 83.2 Å². The molecule has 7 nitrogen and oxygen atoms in total. The van der Waals surface area contributed by atoms with Gasteiger partial charge in [-0.15, -0.1) is 24.8 Å². The van der Waals surface area contributed by atoms with Crippen LogP contribution in [0, 0.1) is 0 Å². The van der Waals surface area contributed by atoms with E-state index in [1.54, 1.807) is 12.4 Å². The third-order valence-corrected chi connectivity index (χ3v) is 4.93. The van der Waals surface area contributed by atoms with Crippen molar-refractivity contribution in [2.45, 2.75) is 5.66 Å². The van der Waals surface area contributed by atoms with E-state index in [-0.39, 0.29) is 24.8 Å². The Kier molecular flexibility index (Phi) is 8.25. The molecule has 9 heteroatoms. The van der Waals surface area contributed by atoms with Crippen LogP contribution in [-0.4, -0.2) is 43.6 Å². The van der Waals surface area contributed by atoms with Gasteiger partial charge in [-0.25, -0.2) is 10.0 Å². The lowest BCUT2D eigenvalue weighted by atomic mass is 9.92. The highest BCUT2D eigenvalue weighted by Crippen LogP contribution is 2.39. The highest BCUT2D eigenvalue weighted by atomic mass is 35.5. The average molecular weight is 450 g/mol. The van der Waals surface area contributed by atoms with Gasteiger partial charge in [0.15, 0.2) is 5.66 Å². The number of carbonyl (C=O) groups is 1. The van der Waals surface area contributed by atoms with Crippen molar-refractivity contribution in [1.82, 2.24) is 10.3 Å². The third-order valence-electron chi connectivity index (χ3n) is 4.93. The number of ether oxygens (including phenoxy) is 1. The van der Waals surface area contributed by atoms with E-state index in [2.05, 4.69) is 15.3 Å². The first kappa shape index (κ1) is 23.7. The summed E-state index contributed by atoms with van der Waals surface area (Å²) in [7, 11) is 0. The van der Waals surface area contributed by atoms with Gasteiger partial charge in [-0.1, -0.05) is 36.4 Å². The van der Waals surface area contributed by atoms with Crippen LogP contribution >= 0.6 is 24.8 Å². The molecule has 2 aliphatic heterocycles. The van der Waals surface area contributed by atoms with Gasteiger partial charge in [-0.2, -0.15) is 0 Å². The van der Waals surface area contributed by atoms with Crippen molar-refractivity contribution < 1.29 is 9.53 Å². The second kappa shape index (κ2) is 10.4. The standard InChI is InChI=1S/C21H23N5O2.2ClH/c22-20(27)18-8-4-5-9-19(18)21(10-11-23-16-24-21)26(17-6-2-1-3-7-17)25-12-14-28-15-13-25;;/h1-11,16H,12-15H2,(H2,22,27)(H,23,24);2*1H. The van der Waals surface area contributed by atoms with Gasteiger partial charge in [0.05, 0.1) is 25.2 Å². The van der Waals surface area contributed by atoms with Crippen LogP contribution in [0.15, 0.2) is 71.9 Å². The molecule has 1 fully saturated rings. The summed E-state index contributed by atoms with van der Waals surface area (Å²) in [5.41, 5.74) is 6.90. The van der Waals surface area contributed by atoms with Crippen LogP contribution in [0.2, 0.25) is 0 Å². The predicted molar refractivity (Wildman–Crippen MR) is 123 cm³/mol. The lowest BCUT2D eigenvalue weighted by Crippen LogP contribution is -2.58. The molecule has 4 rings (SSSR count). The maximum Gasteiger partial charge on any atom is 0.249 e. The van der Waals surface area contributed by atoms with Gasteiger partial charge in [-0.05, 0) is 24.3 Å². The van der Waals surface area contributed by atoms with Crippen molar-refractivity contribution in [3.8, 4) is 0 Å². The number of hydrogen-bond acceptors (Lipinski definition) is 6. The molecule has 1 unspecified atom stereocenters. The molecule has 1 saturated heterocycles. The van der Waals surface area contributed by atoms with Gasteiger partial charge in [0, 0.05) is 30.4 Å². The summed E-state index contributed by atoms with van der Waals surface area (Å²) >= 11 is 0. The molecular formula is C21H25Cl2N5O2. The van der Waals surface area contributed by atoms with E-state index in [1.807, 2.05) is 60.8 Å². The molecule has 0 aliphatic carbocycles. The number of amides is 1. The first-order valence-corrected chi connectivity index (χ1v) is 9.27. The summed E-state index contributed by atoms with van der Waals surface area (Å²) in [6, 6.07) is 17.4. The molecule has 1 atom stereocenters. The minimum absolute atomic E-state index is 0. The normalized spacial score (nSPS) is 20.4. The maximum atomic E-state index is 12.2. The Morgan fingerprint density at radius 1 is 1.07 bits per heavy atom. The van der Waals surface area contributed by atoms with E-state index in [0.717, 1.165) is 11.3 Å². The molecule has 0 bridgehead atoms. The van der Waals surface area contributed by atoms with Crippen molar-refractivity contribution in [1.29, 1.82) is 0 Å². The molecular weight excluding hydrogens is 425 g/mol. The fraction of sp³-hybridized carbons (Fsp3) is 0.238. The van der Waals surface area contributed by atoms with Crippen LogP contribution in [0.3, 0.4) is 0 Å². The number of halogens is 2. The van der Waals surface area contributed by atoms with Crippen LogP contribution in [0.5, 0.6) is 0 Å². The number of carbonyl (C=O) groups excluding carboxylic acids is 1. The van der Waals surface area contributed by atoms with E-state index >= 15 is 0 Å². The average Bonchev–Trinajstić information content (AvgIpc) is 2.76. The largest absolute Gasteiger partial charge is 0.379 e. The van der Waals surface area contributed by atoms with E-state index in [1.165, 1.54) is 0 Å². The van der Waals surface area contributed by atoms with Crippen molar-refractivity contribution in [2.24, 2.45) is 10.7 Å². The molecule has 0 spiro atoms. The van der Waals surface area contributed by atoms with E-state index in [4.69, 9.17) is 15.5 Å². The Morgan fingerprint density at radius 2 is 1.73 bits per heavy atom. The van der Waals surface area contributed by atoms with Crippen LogP contribution in [0.1, 0.15) is 15.9 Å². The summed E-state index contributed by atoms with van der Waals surface area (Å²) in [5.74, 6) is -0.480. The summed E-state index contributed by atoms with van der Waals surface area (Å²) in [6.07, 6.45) is 5.44. The molecule has 2 aromatic carbocycles. The number of morpholine rings is 1. The lowest BCUT2D eigenvalue weighted by molar-refractivity contribution is 0.0209. The van der Waals surface area contributed by atoms with E-state index < -0.39 is 11.6 Å². The van der Waals surface area contributed by atoms with Gasteiger partial charge in [0.25, 0.3) is 0 Å². The molecule has 30 heavy (non-hydrogen) atoms. The quantitative estimate of drug-likeness (QED) is 0.732. The fourth-order valence-corrected chi connectivity index (χ4v) is 3.70. The number of aliphatic imine (C=N–C) groups is 1. The molecule has 2 aromatic rings. The van der Waals surface area contributed by atoms with Gasteiger partial charge < -0.3 is 15.8 Å². The molecule has 2 aliphatic rings. The highest BCUT2D eigenvalue weighted by molar-refractivity contribution is 5.95. The number of nitrogens with zero attached hydrogens (tertiary/aromatic N) is 3. The summed E-state index contributed by atoms with van der Waals surface area (Å²) in [4.78, 5) is 17.1. The molecule has 160 valence electrons. The number of rotatable bonds is 5. The van der Waals surface area contributed by atoms with E-state index in [0.29, 0.717) is 31.9 Å². The summed E-state index contributed by atoms with van der Waals surface area (Å²) in [6.45, 7) is 2.68. The SMILES string of the molecule is Cl.Cl.NC(=O)c1ccccc1C1(N(c2ccccc2)N2CCOCC2)C=CNC=N1. The Hall–Kier alpha value is -2.58. The Labute approximate surface area is 188 Å². The van der Waals surface area contributed by atoms with Crippen LogP contribution < -0.4 is 16.1 Å². The summed E-state index contributed by atoms with van der Waals surface area (Å²) < 4.78 is 5.56. The number of hydrogen-bond donors (Lipinski definition) is 2. The molecule has 0 aromatic heterocycles. The number of primary amides is 1. The van der Waals surface area contributed by atoms with Gasteiger partial charge >= 0.3 is 0 Å². The third kappa shape index (κ3) is 4.44. The molecule has 3 N–H and O–H groups in total. The first-order valence-electron chi connectivity index (χ1n) is 9.27. The minimum Gasteiger partial charge on any atom is -0.379 e.